The molecule has 1 aliphatic carbocycles. The third-order valence-corrected chi connectivity index (χ3v) is 15.7. The monoisotopic (exact) mass is 780 g/mol. The number of thiophene rings is 1. The third-order valence-electron chi connectivity index (χ3n) is 14.6. The van der Waals surface area contributed by atoms with E-state index in [9.17, 15) is 0 Å². The van der Waals surface area contributed by atoms with Crippen molar-refractivity contribution in [3.8, 4) is 16.8 Å². The summed E-state index contributed by atoms with van der Waals surface area (Å²) in [6.07, 6.45) is 2.36. The van der Waals surface area contributed by atoms with Crippen molar-refractivity contribution in [3.05, 3.63) is 138 Å². The molecule has 2 aliphatic heterocycles. The van der Waals surface area contributed by atoms with Gasteiger partial charge in [-0.05, 0) is 111 Å². The number of hydrogen-bond donors (Lipinski definition) is 0. The first-order valence-corrected chi connectivity index (χ1v) is 22.1. The van der Waals surface area contributed by atoms with Gasteiger partial charge in [0, 0.05) is 70.4 Å². The summed E-state index contributed by atoms with van der Waals surface area (Å²) in [5, 5.41) is 7.61. The molecule has 5 heteroatoms. The zero-order chi connectivity index (χ0) is 39.9. The van der Waals surface area contributed by atoms with Crippen LogP contribution in [-0.4, -0.2) is 11.4 Å². The fraction of sp³-hybridized carbons (Fsp3) is 0.222. The number of benzene rings is 7. The highest BCUT2D eigenvalue weighted by atomic mass is 32.1. The maximum Gasteiger partial charge on any atom is 0.333 e. The average molecular weight is 781 g/mol. The summed E-state index contributed by atoms with van der Waals surface area (Å²) >= 11 is 1.90. The number of aromatic nitrogens is 1. The Kier molecular flexibility index (Phi) is 6.41. The molecule has 3 aromatic heterocycles. The predicted molar refractivity (Wildman–Crippen MR) is 254 cm³/mol. The second kappa shape index (κ2) is 11.1. The normalized spacial score (nSPS) is 16.5. The van der Waals surface area contributed by atoms with Crippen LogP contribution < -0.4 is 15.7 Å². The summed E-state index contributed by atoms with van der Waals surface area (Å²) in [4.78, 5) is 2.71. The number of anilines is 2. The van der Waals surface area contributed by atoms with Gasteiger partial charge in [-0.2, -0.15) is 0 Å². The lowest BCUT2D eigenvalue weighted by Crippen LogP contribution is -2.60. The van der Waals surface area contributed by atoms with E-state index in [0.717, 1.165) is 16.6 Å². The molecule has 0 bridgehead atoms. The molecule has 0 amide bonds. The first-order valence-electron chi connectivity index (χ1n) is 21.3. The molecule has 7 aromatic carbocycles. The molecule has 0 radical (unpaired) electrons. The van der Waals surface area contributed by atoms with Gasteiger partial charge in [0.25, 0.3) is 0 Å². The van der Waals surface area contributed by atoms with E-state index in [4.69, 9.17) is 4.42 Å². The molecule has 13 rings (SSSR count). The minimum atomic E-state index is -0.0636. The lowest BCUT2D eigenvalue weighted by Gasteiger charge is -2.46. The van der Waals surface area contributed by atoms with E-state index in [-0.39, 0.29) is 23.1 Å². The first kappa shape index (κ1) is 34.1. The SMILES string of the molecule is CC(C)(C)c1ccc(N2B3c4cc5c(cc4-n4c6cc7sc8ccccc8c7cc6c6ccc(c3c64)-c3cc4c(cc32)C(C)(C)CCC4(C)C)oc2ccccc25)cc1. The van der Waals surface area contributed by atoms with E-state index >= 15 is 0 Å². The molecule has 5 heterocycles. The van der Waals surface area contributed by atoms with Gasteiger partial charge in [-0.25, -0.2) is 0 Å². The van der Waals surface area contributed by atoms with Crippen molar-refractivity contribution in [3.63, 3.8) is 0 Å². The lowest BCUT2D eigenvalue weighted by molar-refractivity contribution is 0.332. The van der Waals surface area contributed by atoms with E-state index in [1.807, 2.05) is 11.3 Å². The van der Waals surface area contributed by atoms with Crippen LogP contribution in [-0.2, 0) is 16.2 Å². The zero-order valence-electron chi connectivity index (χ0n) is 34.7. The second-order valence-corrected chi connectivity index (χ2v) is 21.1. The Hall–Kier alpha value is -5.78. The third kappa shape index (κ3) is 4.44. The van der Waals surface area contributed by atoms with Crippen molar-refractivity contribution in [2.24, 2.45) is 0 Å². The van der Waals surface area contributed by atoms with E-state index in [2.05, 4.69) is 179 Å². The van der Waals surface area contributed by atoms with Gasteiger partial charge in [-0.1, -0.05) is 115 Å². The minimum absolute atomic E-state index is 0.0528. The summed E-state index contributed by atoms with van der Waals surface area (Å²) in [5.74, 6) is 0. The fourth-order valence-electron chi connectivity index (χ4n) is 11.3. The van der Waals surface area contributed by atoms with Crippen molar-refractivity contribution < 1.29 is 4.42 Å². The molecular formula is C54H45BN2OS. The second-order valence-electron chi connectivity index (χ2n) is 20.0. The van der Waals surface area contributed by atoms with Gasteiger partial charge < -0.3 is 13.8 Å². The average Bonchev–Trinajstić information content (AvgIpc) is 3.88. The van der Waals surface area contributed by atoms with Gasteiger partial charge >= 0.3 is 6.85 Å². The van der Waals surface area contributed by atoms with Crippen LogP contribution in [0, 0.1) is 0 Å². The smallest absolute Gasteiger partial charge is 0.333 e. The predicted octanol–water partition coefficient (Wildman–Crippen LogP) is 13.9. The molecular weight excluding hydrogens is 735 g/mol. The van der Waals surface area contributed by atoms with Gasteiger partial charge in [0.05, 0.1) is 11.0 Å². The van der Waals surface area contributed by atoms with Crippen LogP contribution >= 0.6 is 11.3 Å². The van der Waals surface area contributed by atoms with E-state index < -0.39 is 0 Å². The van der Waals surface area contributed by atoms with Gasteiger partial charge in [-0.3, -0.25) is 0 Å². The summed E-state index contributed by atoms with van der Waals surface area (Å²) in [6.45, 7) is 16.7. The highest BCUT2D eigenvalue weighted by Crippen LogP contribution is 2.53. The Morgan fingerprint density at radius 2 is 1.32 bits per heavy atom. The standard InChI is InChI=1S/C54H45BN2OS/c1-52(2,3)30-16-18-31(19-17-30)57-44-27-41-40(53(4,5)22-23-54(41,6)7)25-37(44)34-20-21-35-36-24-39-33-13-9-11-15-48(33)59-49(39)29-43(36)56-45-28-47-38(32-12-8-10-14-46(32)58-47)26-42(45)55(57)50(34)51(35)56/h8-21,24-29H,22-23H2,1-7H3. The van der Waals surface area contributed by atoms with Crippen LogP contribution in [0.4, 0.5) is 11.4 Å². The molecule has 0 unspecified atom stereocenters. The lowest BCUT2D eigenvalue weighted by atomic mass is 9.43. The molecule has 3 nitrogen and oxygen atoms in total. The van der Waals surface area contributed by atoms with Crippen molar-refractivity contribution >= 4 is 104 Å². The fourth-order valence-corrected chi connectivity index (χ4v) is 12.4. The minimum Gasteiger partial charge on any atom is -0.456 e. The molecule has 0 atom stereocenters. The molecule has 0 spiro atoms. The molecule has 3 aliphatic rings. The first-order chi connectivity index (χ1) is 28.4. The van der Waals surface area contributed by atoms with Crippen LogP contribution in [0.3, 0.4) is 0 Å². The topological polar surface area (TPSA) is 21.3 Å². The highest BCUT2D eigenvalue weighted by molar-refractivity contribution is 7.25. The number of nitrogens with zero attached hydrogens (tertiary/aromatic N) is 2. The molecule has 0 fully saturated rings. The summed E-state index contributed by atoms with van der Waals surface area (Å²) in [6, 6.07) is 46.8. The van der Waals surface area contributed by atoms with Crippen molar-refractivity contribution in [2.75, 3.05) is 4.81 Å². The molecule has 10 aromatic rings. The van der Waals surface area contributed by atoms with Gasteiger partial charge in [0.1, 0.15) is 11.2 Å². The number of furan rings is 1. The molecule has 59 heavy (non-hydrogen) atoms. The van der Waals surface area contributed by atoms with Crippen molar-refractivity contribution in [1.29, 1.82) is 0 Å². The van der Waals surface area contributed by atoms with Crippen molar-refractivity contribution in [2.45, 2.75) is 77.6 Å². The molecule has 0 saturated heterocycles. The highest BCUT2D eigenvalue weighted by Gasteiger charge is 2.46. The quantitative estimate of drug-likeness (QED) is 0.155. The molecule has 286 valence electrons. The Balaban J connectivity index is 1.21. The number of para-hydroxylation sites is 1. The maximum absolute atomic E-state index is 6.70. The van der Waals surface area contributed by atoms with Crippen LogP contribution in [0.5, 0.6) is 0 Å². The number of rotatable bonds is 1. The Bertz CT molecular complexity index is 3500. The summed E-state index contributed by atoms with van der Waals surface area (Å²) < 4.78 is 12.0. The molecule has 0 N–H and O–H groups in total. The largest absolute Gasteiger partial charge is 0.456 e. The Morgan fingerprint density at radius 3 is 2.10 bits per heavy atom. The maximum atomic E-state index is 6.70. The summed E-state index contributed by atoms with van der Waals surface area (Å²) in [7, 11) is 0. The van der Waals surface area contributed by atoms with Crippen LogP contribution in [0.1, 0.15) is 78.0 Å². The number of hydrogen-bond acceptors (Lipinski definition) is 3. The van der Waals surface area contributed by atoms with Gasteiger partial charge in [0.15, 0.2) is 0 Å². The Labute approximate surface area is 349 Å². The van der Waals surface area contributed by atoms with Crippen LogP contribution in [0.15, 0.2) is 126 Å². The van der Waals surface area contributed by atoms with E-state index in [0.29, 0.717) is 0 Å². The van der Waals surface area contributed by atoms with Gasteiger partial charge in [-0.15, -0.1) is 11.3 Å². The number of fused-ring (bicyclic) bond motifs is 15. The van der Waals surface area contributed by atoms with Crippen LogP contribution in [0.25, 0.3) is 80.7 Å². The van der Waals surface area contributed by atoms with E-state index in [1.54, 1.807) is 0 Å². The van der Waals surface area contributed by atoms with Gasteiger partial charge in [0.2, 0.25) is 0 Å². The van der Waals surface area contributed by atoms with Crippen LogP contribution in [0.2, 0.25) is 0 Å². The Morgan fingerprint density at radius 1 is 0.593 bits per heavy atom. The van der Waals surface area contributed by atoms with Crippen molar-refractivity contribution in [1.82, 2.24) is 4.57 Å². The zero-order valence-corrected chi connectivity index (χ0v) is 35.6. The summed E-state index contributed by atoms with van der Waals surface area (Å²) in [5.41, 5.74) is 18.1. The molecule has 0 saturated carbocycles. The van der Waals surface area contributed by atoms with E-state index in [1.165, 1.54) is 116 Å².